The lowest BCUT2D eigenvalue weighted by Crippen LogP contribution is -2.31. The van der Waals surface area contributed by atoms with E-state index in [9.17, 15) is 4.79 Å². The molecule has 2 heterocycles. The highest BCUT2D eigenvalue weighted by atomic mass is 16.5. The summed E-state index contributed by atoms with van der Waals surface area (Å²) in [5.41, 5.74) is 1.45. The average molecular weight is 357 g/mol. The van der Waals surface area contributed by atoms with Gasteiger partial charge in [0.15, 0.2) is 17.2 Å². The van der Waals surface area contributed by atoms with E-state index in [1.807, 2.05) is 18.2 Å². The molecule has 26 heavy (non-hydrogen) atoms. The first-order valence-corrected chi connectivity index (χ1v) is 8.87. The van der Waals surface area contributed by atoms with Gasteiger partial charge in [0.25, 0.3) is 5.91 Å². The summed E-state index contributed by atoms with van der Waals surface area (Å²) in [5.74, 6) is 2.68. The number of rotatable bonds is 6. The molecule has 0 unspecified atom stereocenters. The number of para-hydroxylation sites is 1. The van der Waals surface area contributed by atoms with Crippen molar-refractivity contribution in [3.8, 4) is 11.5 Å². The van der Waals surface area contributed by atoms with Crippen LogP contribution >= 0.6 is 0 Å². The number of ether oxygens (including phenoxy) is 2. The quantitative estimate of drug-likeness (QED) is 0.791. The zero-order valence-electron chi connectivity index (χ0n) is 15.1. The molecule has 2 aromatic rings. The zero-order valence-corrected chi connectivity index (χ0v) is 15.1. The molecule has 0 bridgehead atoms. The highest BCUT2D eigenvalue weighted by Gasteiger charge is 2.31. The highest BCUT2D eigenvalue weighted by Crippen LogP contribution is 2.40. The number of nitrogens with zero attached hydrogens (tertiary/aromatic N) is 3. The molecule has 0 atom stereocenters. The van der Waals surface area contributed by atoms with Crippen LogP contribution in [0.15, 0.2) is 28.8 Å². The minimum absolute atomic E-state index is 0.0687. The molecule has 1 aliphatic heterocycles. The predicted molar refractivity (Wildman–Crippen MR) is 94.3 cm³/mol. The van der Waals surface area contributed by atoms with Crippen LogP contribution < -0.4 is 9.47 Å². The Hall–Kier alpha value is -2.54. The van der Waals surface area contributed by atoms with Gasteiger partial charge in [-0.05, 0) is 18.9 Å². The number of amides is 1. The molecule has 138 valence electrons. The van der Waals surface area contributed by atoms with Crippen molar-refractivity contribution in [1.82, 2.24) is 15.0 Å². The largest absolute Gasteiger partial charge is 0.493 e. The first-order valence-electron chi connectivity index (χ1n) is 8.87. The van der Waals surface area contributed by atoms with Gasteiger partial charge in [-0.3, -0.25) is 9.69 Å². The molecule has 1 amide bonds. The summed E-state index contributed by atoms with van der Waals surface area (Å²) < 4.78 is 16.2. The predicted octanol–water partition coefficient (Wildman–Crippen LogP) is 2.48. The second-order valence-electron chi connectivity index (χ2n) is 6.80. The van der Waals surface area contributed by atoms with Gasteiger partial charge in [-0.2, -0.15) is 0 Å². The van der Waals surface area contributed by atoms with Gasteiger partial charge < -0.3 is 18.9 Å². The minimum atomic E-state index is -0.0687. The van der Waals surface area contributed by atoms with Crippen LogP contribution in [0.5, 0.6) is 11.5 Å². The minimum Gasteiger partial charge on any atom is -0.493 e. The Balaban J connectivity index is 1.41. The van der Waals surface area contributed by atoms with Crippen molar-refractivity contribution in [1.29, 1.82) is 0 Å². The van der Waals surface area contributed by atoms with E-state index < -0.39 is 0 Å². The van der Waals surface area contributed by atoms with Gasteiger partial charge in [0.2, 0.25) is 0 Å². The lowest BCUT2D eigenvalue weighted by molar-refractivity contribution is 0.0752. The van der Waals surface area contributed by atoms with E-state index in [4.69, 9.17) is 14.0 Å². The Bertz CT molecular complexity index is 800. The SMILES string of the molecule is COc1cccc(CN2CCN(C(=O)c3cc(C4CC4)on3)C2)c1OC. The van der Waals surface area contributed by atoms with Crippen LogP contribution in [0.1, 0.15) is 40.6 Å². The topological polar surface area (TPSA) is 68.0 Å². The van der Waals surface area contributed by atoms with Crippen LogP contribution in [-0.2, 0) is 6.54 Å². The summed E-state index contributed by atoms with van der Waals surface area (Å²) in [6.45, 7) is 2.73. The molecule has 1 aromatic carbocycles. The van der Waals surface area contributed by atoms with Crippen molar-refractivity contribution in [2.24, 2.45) is 0 Å². The van der Waals surface area contributed by atoms with Gasteiger partial charge in [-0.1, -0.05) is 17.3 Å². The van der Waals surface area contributed by atoms with E-state index in [0.717, 1.165) is 36.5 Å². The molecule has 2 fully saturated rings. The summed E-state index contributed by atoms with van der Waals surface area (Å²) in [5, 5.41) is 3.96. The van der Waals surface area contributed by atoms with Crippen molar-refractivity contribution >= 4 is 5.91 Å². The second kappa shape index (κ2) is 6.99. The van der Waals surface area contributed by atoms with Crippen molar-refractivity contribution in [2.75, 3.05) is 34.0 Å². The third kappa shape index (κ3) is 3.26. The number of carbonyl (C=O) groups is 1. The average Bonchev–Trinajstić information content (AvgIpc) is 3.21. The summed E-state index contributed by atoms with van der Waals surface area (Å²) in [6.07, 6.45) is 2.26. The van der Waals surface area contributed by atoms with Gasteiger partial charge in [0.1, 0.15) is 5.76 Å². The van der Waals surface area contributed by atoms with Gasteiger partial charge in [0.05, 0.1) is 20.9 Å². The summed E-state index contributed by atoms with van der Waals surface area (Å²) in [4.78, 5) is 16.7. The molecule has 7 nitrogen and oxygen atoms in total. The van der Waals surface area contributed by atoms with Crippen LogP contribution in [0.25, 0.3) is 0 Å². The van der Waals surface area contributed by atoms with Crippen molar-refractivity contribution in [2.45, 2.75) is 25.3 Å². The fourth-order valence-corrected chi connectivity index (χ4v) is 3.37. The molecule has 1 aliphatic carbocycles. The smallest absolute Gasteiger partial charge is 0.277 e. The first kappa shape index (κ1) is 16.9. The number of hydrogen-bond donors (Lipinski definition) is 0. The Labute approximate surface area is 152 Å². The Morgan fingerprint density at radius 3 is 2.85 bits per heavy atom. The van der Waals surface area contributed by atoms with E-state index in [0.29, 0.717) is 37.1 Å². The lowest BCUT2D eigenvalue weighted by Gasteiger charge is -2.19. The standard InChI is InChI=1S/C19H23N3O4/c1-24-16-5-3-4-14(18(16)25-2)11-21-8-9-22(12-21)19(23)15-10-17(26-20-15)13-6-7-13/h3-5,10,13H,6-9,11-12H2,1-2H3. The third-order valence-corrected chi connectivity index (χ3v) is 4.95. The second-order valence-corrected chi connectivity index (χ2v) is 6.80. The van der Waals surface area contributed by atoms with Crippen LogP contribution in [-0.4, -0.2) is 54.8 Å². The Morgan fingerprint density at radius 1 is 1.27 bits per heavy atom. The highest BCUT2D eigenvalue weighted by molar-refractivity contribution is 5.92. The van der Waals surface area contributed by atoms with E-state index in [1.54, 1.807) is 25.2 Å². The van der Waals surface area contributed by atoms with E-state index >= 15 is 0 Å². The fourth-order valence-electron chi connectivity index (χ4n) is 3.37. The number of aromatic nitrogens is 1. The number of methoxy groups -OCH3 is 2. The summed E-state index contributed by atoms with van der Waals surface area (Å²) in [7, 11) is 3.27. The number of benzene rings is 1. The van der Waals surface area contributed by atoms with Gasteiger partial charge >= 0.3 is 0 Å². The third-order valence-electron chi connectivity index (χ3n) is 4.95. The molecule has 4 rings (SSSR count). The summed E-state index contributed by atoms with van der Waals surface area (Å²) >= 11 is 0. The maximum absolute atomic E-state index is 12.7. The number of hydrogen-bond acceptors (Lipinski definition) is 6. The number of carbonyl (C=O) groups excluding carboxylic acids is 1. The van der Waals surface area contributed by atoms with Crippen molar-refractivity contribution < 1.29 is 18.8 Å². The normalized spacial score (nSPS) is 17.5. The molecule has 0 N–H and O–H groups in total. The van der Waals surface area contributed by atoms with Gasteiger partial charge in [-0.25, -0.2) is 0 Å². The van der Waals surface area contributed by atoms with Gasteiger partial charge in [-0.15, -0.1) is 0 Å². The first-order chi connectivity index (χ1) is 12.7. The van der Waals surface area contributed by atoms with Crippen LogP contribution in [0.4, 0.5) is 0 Å². The lowest BCUT2D eigenvalue weighted by atomic mass is 10.1. The molecule has 0 spiro atoms. The van der Waals surface area contributed by atoms with Crippen LogP contribution in [0.2, 0.25) is 0 Å². The van der Waals surface area contributed by atoms with E-state index in [-0.39, 0.29) is 5.91 Å². The molecule has 1 saturated heterocycles. The van der Waals surface area contributed by atoms with E-state index in [1.165, 1.54) is 0 Å². The molecular formula is C19H23N3O4. The maximum atomic E-state index is 12.7. The monoisotopic (exact) mass is 357 g/mol. The van der Waals surface area contributed by atoms with E-state index in [2.05, 4.69) is 10.1 Å². The van der Waals surface area contributed by atoms with Crippen molar-refractivity contribution in [3.05, 3.63) is 41.3 Å². The molecule has 7 heteroatoms. The Kier molecular flexibility index (Phi) is 4.55. The van der Waals surface area contributed by atoms with Crippen LogP contribution in [0.3, 0.4) is 0 Å². The zero-order chi connectivity index (χ0) is 18.1. The molecule has 1 saturated carbocycles. The van der Waals surface area contributed by atoms with Crippen LogP contribution in [0, 0.1) is 0 Å². The molecular weight excluding hydrogens is 334 g/mol. The Morgan fingerprint density at radius 2 is 2.12 bits per heavy atom. The maximum Gasteiger partial charge on any atom is 0.277 e. The fraction of sp³-hybridized carbons (Fsp3) is 0.474. The van der Waals surface area contributed by atoms with Gasteiger partial charge in [0, 0.05) is 37.2 Å². The molecule has 2 aliphatic rings. The van der Waals surface area contributed by atoms with Crippen molar-refractivity contribution in [3.63, 3.8) is 0 Å². The molecule has 1 aromatic heterocycles. The molecule has 0 radical (unpaired) electrons. The summed E-state index contributed by atoms with van der Waals surface area (Å²) in [6, 6.07) is 7.65.